The Bertz CT molecular complexity index is 1270. The van der Waals surface area contributed by atoms with Crippen molar-refractivity contribution in [1.29, 1.82) is 0 Å². The molecule has 1 unspecified atom stereocenters. The minimum atomic E-state index is -6.52. The number of fused-ring (bicyclic) bond motifs is 1. The van der Waals surface area contributed by atoms with E-state index in [2.05, 4.69) is 4.74 Å². The molecule has 2 aromatic carbocycles. The first-order valence-electron chi connectivity index (χ1n) is 10.7. The highest BCUT2D eigenvalue weighted by Gasteiger charge is 2.75. The molecule has 0 fully saturated rings. The molecule has 200 valence electrons. The predicted octanol–water partition coefficient (Wildman–Crippen LogP) is 3.78. The highest BCUT2D eigenvalue weighted by Crippen LogP contribution is 2.55. The Morgan fingerprint density at radius 3 is 1.76 bits per heavy atom. The van der Waals surface area contributed by atoms with Crippen molar-refractivity contribution in [3.63, 3.8) is 0 Å². The third-order valence-corrected chi connectivity index (χ3v) is 7.28. The van der Waals surface area contributed by atoms with Crippen LogP contribution in [0, 0.1) is 5.92 Å². The summed E-state index contributed by atoms with van der Waals surface area (Å²) >= 11 is 0. The zero-order valence-electron chi connectivity index (χ0n) is 18.5. The van der Waals surface area contributed by atoms with E-state index in [0.29, 0.717) is 0 Å². The van der Waals surface area contributed by atoms with Gasteiger partial charge in [-0.15, -0.1) is 0 Å². The number of hydrogen-bond acceptors (Lipinski definition) is 7. The van der Waals surface area contributed by atoms with E-state index in [1.165, 1.54) is 0 Å². The van der Waals surface area contributed by atoms with E-state index < -0.39 is 64.2 Å². The molecule has 3 aliphatic carbocycles. The smallest absolute Gasteiger partial charge is 0.438 e. The molecule has 5 rings (SSSR count). The Balaban J connectivity index is 1.55. The van der Waals surface area contributed by atoms with Crippen molar-refractivity contribution < 1.29 is 58.4 Å². The van der Waals surface area contributed by atoms with Gasteiger partial charge in [0.1, 0.15) is 0 Å². The second-order valence-corrected chi connectivity index (χ2v) is 10.1. The Morgan fingerprint density at radius 2 is 1.32 bits per heavy atom. The summed E-state index contributed by atoms with van der Waals surface area (Å²) in [7, 11) is -6.18. The van der Waals surface area contributed by atoms with E-state index in [9.17, 15) is 48.9 Å². The highest BCUT2D eigenvalue weighted by atomic mass is 32.2. The van der Waals surface area contributed by atoms with Gasteiger partial charge in [0.25, 0.3) is 0 Å². The van der Waals surface area contributed by atoms with Crippen LogP contribution in [-0.4, -0.2) is 55.2 Å². The zero-order chi connectivity index (χ0) is 27.4. The number of hydrogen-bond donors (Lipinski definition) is 0. The van der Waals surface area contributed by atoms with E-state index in [-0.39, 0.29) is 12.3 Å². The number of ether oxygens (including phenoxy) is 2. The molecule has 0 aromatic heterocycles. The molecule has 37 heavy (non-hydrogen) atoms. The third kappa shape index (κ3) is 4.79. The number of benzene rings is 2. The second-order valence-electron chi connectivity index (χ2n) is 8.74. The van der Waals surface area contributed by atoms with Gasteiger partial charge in [0.15, 0.2) is 6.61 Å². The minimum absolute atomic E-state index is 0.218. The van der Waals surface area contributed by atoms with Gasteiger partial charge < -0.3 is 14.0 Å². The first kappa shape index (κ1) is 26.9. The number of rotatable bonds is 6. The molecule has 0 N–H and O–H groups in total. The number of halogens is 6. The molecule has 0 radical (unpaired) electrons. The minimum Gasteiger partial charge on any atom is -0.748 e. The lowest BCUT2D eigenvalue weighted by atomic mass is 9.59. The first-order valence-corrected chi connectivity index (χ1v) is 12.3. The Hall–Kier alpha value is -3.13. The van der Waals surface area contributed by atoms with Crippen molar-refractivity contribution in [2.75, 3.05) is 12.4 Å². The van der Waals surface area contributed by atoms with E-state index in [0.717, 1.165) is 22.3 Å². The fraction of sp³-hybridized carbons (Fsp3) is 0.391. The molecule has 2 aromatic rings. The lowest BCUT2D eigenvalue weighted by molar-refractivity contribution is -0.361. The summed E-state index contributed by atoms with van der Waals surface area (Å²) in [6.45, 7) is -1.66. The molecule has 0 spiro atoms. The second kappa shape index (κ2) is 9.01. The van der Waals surface area contributed by atoms with E-state index in [1.807, 2.05) is 24.3 Å². The van der Waals surface area contributed by atoms with Gasteiger partial charge in [-0.25, -0.2) is 13.2 Å². The third-order valence-electron chi connectivity index (χ3n) is 6.52. The first-order chi connectivity index (χ1) is 17.1. The Labute approximate surface area is 206 Å². The Morgan fingerprint density at radius 1 is 0.865 bits per heavy atom. The molecule has 3 aliphatic rings. The van der Waals surface area contributed by atoms with E-state index in [1.54, 1.807) is 24.3 Å². The molecule has 1 atom stereocenters. The van der Waals surface area contributed by atoms with Gasteiger partial charge in [-0.2, -0.15) is 26.3 Å². The van der Waals surface area contributed by atoms with Crippen LogP contribution in [0.4, 0.5) is 26.3 Å². The molecular weight excluding hydrogens is 534 g/mol. The number of carbonyl (C=O) groups is 2. The summed E-state index contributed by atoms with van der Waals surface area (Å²) in [6, 6.07) is 14.5. The summed E-state index contributed by atoms with van der Waals surface area (Å²) in [5.41, 5.74) is -2.10. The SMILES string of the molecule is O=C(COC(=O)C1CC2c3ccccc3C1c1ccccc12)OC(CS(=O)(=O)[O-])(C(F)(F)F)C(F)(F)F. The molecule has 7 nitrogen and oxygen atoms in total. The van der Waals surface area contributed by atoms with Crippen molar-refractivity contribution in [2.24, 2.45) is 5.92 Å². The van der Waals surface area contributed by atoms with Gasteiger partial charge in [-0.3, -0.25) is 4.79 Å². The summed E-state index contributed by atoms with van der Waals surface area (Å²) in [6.07, 6.45) is -12.8. The summed E-state index contributed by atoms with van der Waals surface area (Å²) < 4.78 is 121. The van der Waals surface area contributed by atoms with Crippen LogP contribution in [0.1, 0.15) is 40.5 Å². The standard InChI is InChI=1S/C23H18F6O7S/c24-22(25,26)21(23(27,28)29,11-37(32,33)34)36-18(30)10-35-20(31)17-9-16-12-5-1-3-7-14(12)19(17)15-8-4-2-6-13(15)16/h1-8,16-17,19H,9-11H2,(H,32,33,34)/p-1. The monoisotopic (exact) mass is 551 g/mol. The van der Waals surface area contributed by atoms with Crippen LogP contribution >= 0.6 is 0 Å². The molecule has 0 saturated carbocycles. The lowest BCUT2D eigenvalue weighted by Crippen LogP contribution is -2.63. The van der Waals surface area contributed by atoms with E-state index >= 15 is 0 Å². The summed E-state index contributed by atoms with van der Waals surface area (Å²) in [5.74, 6) is -8.18. The fourth-order valence-corrected chi connectivity index (χ4v) is 5.93. The highest BCUT2D eigenvalue weighted by molar-refractivity contribution is 7.85. The number of alkyl halides is 6. The largest absolute Gasteiger partial charge is 0.748 e. The van der Waals surface area contributed by atoms with Crippen molar-refractivity contribution in [1.82, 2.24) is 0 Å². The normalized spacial score (nSPS) is 21.1. The van der Waals surface area contributed by atoms with Crippen LogP contribution in [0.3, 0.4) is 0 Å². The summed E-state index contributed by atoms with van der Waals surface area (Å²) in [4.78, 5) is 24.9. The molecule has 2 bridgehead atoms. The van der Waals surface area contributed by atoms with Gasteiger partial charge in [0, 0.05) is 11.8 Å². The Kier molecular flexibility index (Phi) is 6.56. The molecule has 0 amide bonds. The van der Waals surface area contributed by atoms with Crippen molar-refractivity contribution in [3.8, 4) is 0 Å². The van der Waals surface area contributed by atoms with Gasteiger partial charge in [-0.05, 0) is 28.7 Å². The predicted molar refractivity (Wildman–Crippen MR) is 111 cm³/mol. The van der Waals surface area contributed by atoms with Crippen molar-refractivity contribution in [2.45, 2.75) is 36.2 Å². The van der Waals surface area contributed by atoms with Crippen LogP contribution in [0.5, 0.6) is 0 Å². The molecule has 14 heteroatoms. The lowest BCUT2D eigenvalue weighted by Gasteiger charge is -2.44. The van der Waals surface area contributed by atoms with Gasteiger partial charge in [-0.1, -0.05) is 48.5 Å². The maximum atomic E-state index is 13.3. The van der Waals surface area contributed by atoms with Gasteiger partial charge in [0.2, 0.25) is 0 Å². The van der Waals surface area contributed by atoms with Gasteiger partial charge in [0.05, 0.1) is 21.8 Å². The van der Waals surface area contributed by atoms with Crippen LogP contribution in [-0.2, 0) is 29.2 Å². The quantitative estimate of drug-likeness (QED) is 0.305. The average Bonchev–Trinajstić information content (AvgIpc) is 2.79. The molecular formula is C23H17F6O7S-. The maximum absolute atomic E-state index is 13.3. The van der Waals surface area contributed by atoms with Crippen LogP contribution < -0.4 is 0 Å². The maximum Gasteiger partial charge on any atom is 0.438 e. The zero-order valence-corrected chi connectivity index (χ0v) is 19.3. The van der Waals surface area contributed by atoms with Crippen LogP contribution in [0.25, 0.3) is 0 Å². The summed E-state index contributed by atoms with van der Waals surface area (Å²) in [5, 5.41) is 0. The molecule has 0 aliphatic heterocycles. The van der Waals surface area contributed by atoms with Gasteiger partial charge >= 0.3 is 29.9 Å². The van der Waals surface area contributed by atoms with Crippen LogP contribution in [0.2, 0.25) is 0 Å². The van der Waals surface area contributed by atoms with Crippen LogP contribution in [0.15, 0.2) is 48.5 Å². The van der Waals surface area contributed by atoms with Crippen molar-refractivity contribution >= 4 is 22.1 Å². The average molecular weight is 551 g/mol. The topological polar surface area (TPSA) is 110 Å². The number of esters is 2. The number of carbonyl (C=O) groups excluding carboxylic acids is 2. The van der Waals surface area contributed by atoms with E-state index in [4.69, 9.17) is 4.74 Å². The van der Waals surface area contributed by atoms with Crippen molar-refractivity contribution in [3.05, 3.63) is 70.8 Å². The molecule has 0 heterocycles. The fourth-order valence-electron chi connectivity index (χ4n) is 5.05. The molecule has 0 saturated heterocycles.